The van der Waals surface area contributed by atoms with Crippen LogP contribution >= 0.6 is 0 Å². The monoisotopic (exact) mass is 315 g/mol. The topological polar surface area (TPSA) is 67.8 Å². The molecule has 0 spiro atoms. The molecular weight excluding hydrogens is 294 g/mol. The number of rotatable bonds is 8. The lowest BCUT2D eigenvalue weighted by atomic mass is 10.1. The summed E-state index contributed by atoms with van der Waals surface area (Å²) in [6, 6.07) is 14.5. The molecule has 0 unspecified atom stereocenters. The number of aromatic hydroxyl groups is 1. The fourth-order valence-electron chi connectivity index (χ4n) is 2.10. The molecule has 0 saturated heterocycles. The summed E-state index contributed by atoms with van der Waals surface area (Å²) < 4.78 is 10.3. The Morgan fingerprint density at radius 2 is 1.91 bits per heavy atom. The Kier molecular flexibility index (Phi) is 6.44. The Balaban J connectivity index is 1.86. The molecule has 0 aromatic heterocycles. The average Bonchev–Trinajstić information content (AvgIpc) is 2.56. The van der Waals surface area contributed by atoms with Crippen molar-refractivity contribution in [2.75, 3.05) is 26.9 Å². The number of nitrogens with one attached hydrogen (secondary N) is 1. The molecule has 0 atom stereocenters. The van der Waals surface area contributed by atoms with Gasteiger partial charge >= 0.3 is 0 Å². The molecule has 0 saturated carbocycles. The number of phenolic OH excluding ortho intramolecular Hbond substituents is 1. The molecule has 0 aliphatic carbocycles. The predicted octanol–water partition coefficient (Wildman–Crippen LogP) is 2.39. The lowest BCUT2D eigenvalue weighted by molar-refractivity contribution is 0.0951. The van der Waals surface area contributed by atoms with E-state index in [9.17, 15) is 9.90 Å². The minimum absolute atomic E-state index is 0.0999. The average molecular weight is 315 g/mol. The molecule has 5 nitrogen and oxygen atoms in total. The Hall–Kier alpha value is -2.53. The molecular formula is C18H21NO4. The van der Waals surface area contributed by atoms with E-state index < -0.39 is 0 Å². The summed E-state index contributed by atoms with van der Waals surface area (Å²) in [7, 11) is 1.59. The van der Waals surface area contributed by atoms with Crippen LogP contribution in [0, 0.1) is 0 Å². The molecule has 0 fully saturated rings. The number of hydrogen-bond acceptors (Lipinski definition) is 4. The van der Waals surface area contributed by atoms with Crippen LogP contribution in [0.5, 0.6) is 11.5 Å². The quantitative estimate of drug-likeness (QED) is 0.734. The van der Waals surface area contributed by atoms with E-state index in [0.29, 0.717) is 25.5 Å². The van der Waals surface area contributed by atoms with Crippen molar-refractivity contribution in [1.82, 2.24) is 5.32 Å². The van der Waals surface area contributed by atoms with Gasteiger partial charge in [-0.3, -0.25) is 4.79 Å². The molecule has 1 amide bonds. The zero-order valence-electron chi connectivity index (χ0n) is 13.1. The van der Waals surface area contributed by atoms with Crippen LogP contribution in [-0.4, -0.2) is 37.9 Å². The number of phenols is 1. The first kappa shape index (κ1) is 16.8. The van der Waals surface area contributed by atoms with Crippen LogP contribution in [0.15, 0.2) is 48.5 Å². The second-order valence-electron chi connectivity index (χ2n) is 5.01. The van der Waals surface area contributed by atoms with E-state index in [2.05, 4.69) is 5.32 Å². The third kappa shape index (κ3) is 5.30. The van der Waals surface area contributed by atoms with Crippen molar-refractivity contribution in [3.63, 3.8) is 0 Å². The van der Waals surface area contributed by atoms with Crippen molar-refractivity contribution >= 4 is 5.91 Å². The lowest BCUT2D eigenvalue weighted by Gasteiger charge is -2.09. The Bertz CT molecular complexity index is 628. The Labute approximate surface area is 135 Å². The zero-order valence-corrected chi connectivity index (χ0v) is 13.1. The summed E-state index contributed by atoms with van der Waals surface area (Å²) in [5.74, 6) is 0.0967. The third-order valence-corrected chi connectivity index (χ3v) is 3.31. The van der Waals surface area contributed by atoms with Crippen molar-refractivity contribution in [1.29, 1.82) is 0 Å². The van der Waals surface area contributed by atoms with E-state index >= 15 is 0 Å². The van der Waals surface area contributed by atoms with Crippen LogP contribution < -0.4 is 10.1 Å². The number of hydrogen-bond donors (Lipinski definition) is 2. The molecule has 2 rings (SSSR count). The molecule has 0 radical (unpaired) electrons. The first-order valence-electron chi connectivity index (χ1n) is 7.47. The van der Waals surface area contributed by atoms with Gasteiger partial charge in [-0.15, -0.1) is 0 Å². The maximum atomic E-state index is 12.1. The van der Waals surface area contributed by atoms with Gasteiger partial charge in [0.15, 0.2) is 0 Å². The summed E-state index contributed by atoms with van der Waals surface area (Å²) in [6.45, 7) is 1.36. The number of benzene rings is 2. The summed E-state index contributed by atoms with van der Waals surface area (Å²) >= 11 is 0. The maximum absolute atomic E-state index is 12.1. The summed E-state index contributed by atoms with van der Waals surface area (Å²) in [4.78, 5) is 12.1. The molecule has 0 bridgehead atoms. The van der Waals surface area contributed by atoms with Crippen LogP contribution in [0.25, 0.3) is 0 Å². The number of ether oxygens (including phenoxy) is 2. The van der Waals surface area contributed by atoms with Gasteiger partial charge in [-0.05, 0) is 24.1 Å². The third-order valence-electron chi connectivity index (χ3n) is 3.31. The van der Waals surface area contributed by atoms with Crippen molar-refractivity contribution in [3.05, 3.63) is 59.7 Å². The Morgan fingerprint density at radius 3 is 2.61 bits per heavy atom. The first-order chi connectivity index (χ1) is 11.2. The number of carbonyl (C=O) groups excluding carboxylic acids is 1. The molecule has 2 aromatic carbocycles. The van der Waals surface area contributed by atoms with E-state index in [-0.39, 0.29) is 17.2 Å². The number of methoxy groups -OCH3 is 1. The van der Waals surface area contributed by atoms with E-state index in [1.807, 2.05) is 30.3 Å². The van der Waals surface area contributed by atoms with Gasteiger partial charge in [0.1, 0.15) is 18.1 Å². The summed E-state index contributed by atoms with van der Waals surface area (Å²) in [5, 5.41) is 12.8. The molecule has 122 valence electrons. The van der Waals surface area contributed by atoms with E-state index in [4.69, 9.17) is 9.47 Å². The minimum Gasteiger partial charge on any atom is -0.507 e. The highest BCUT2D eigenvalue weighted by Gasteiger charge is 2.11. The van der Waals surface area contributed by atoms with Crippen molar-refractivity contribution in [3.8, 4) is 11.5 Å². The molecule has 5 heteroatoms. The van der Waals surface area contributed by atoms with Crippen molar-refractivity contribution < 1.29 is 19.4 Å². The van der Waals surface area contributed by atoms with Gasteiger partial charge in [-0.25, -0.2) is 0 Å². The number of amides is 1. The van der Waals surface area contributed by atoms with Crippen molar-refractivity contribution in [2.24, 2.45) is 0 Å². The SMILES string of the molecule is COCCOc1ccc(C(=O)NCCc2ccccc2)c(O)c1. The maximum Gasteiger partial charge on any atom is 0.255 e. The summed E-state index contributed by atoms with van der Waals surface area (Å²) in [5.41, 5.74) is 1.39. The lowest BCUT2D eigenvalue weighted by Crippen LogP contribution is -2.25. The molecule has 2 N–H and O–H groups in total. The fourth-order valence-corrected chi connectivity index (χ4v) is 2.10. The highest BCUT2D eigenvalue weighted by Crippen LogP contribution is 2.23. The Morgan fingerprint density at radius 1 is 1.13 bits per heavy atom. The second kappa shape index (κ2) is 8.80. The molecule has 0 aliphatic rings. The van der Waals surface area contributed by atoms with Crippen LogP contribution in [0.3, 0.4) is 0 Å². The minimum atomic E-state index is -0.304. The smallest absolute Gasteiger partial charge is 0.255 e. The van der Waals surface area contributed by atoms with E-state index in [1.165, 1.54) is 6.07 Å². The van der Waals surface area contributed by atoms with Gasteiger partial charge in [0, 0.05) is 19.7 Å². The normalized spacial score (nSPS) is 10.3. The molecule has 2 aromatic rings. The van der Waals surface area contributed by atoms with Crippen LogP contribution in [0.4, 0.5) is 0 Å². The second-order valence-corrected chi connectivity index (χ2v) is 5.01. The van der Waals surface area contributed by atoms with Crippen LogP contribution in [0.2, 0.25) is 0 Å². The van der Waals surface area contributed by atoms with Crippen molar-refractivity contribution in [2.45, 2.75) is 6.42 Å². The van der Waals surface area contributed by atoms with Crippen LogP contribution in [-0.2, 0) is 11.2 Å². The van der Waals surface area contributed by atoms with Gasteiger partial charge in [0.2, 0.25) is 0 Å². The van der Waals surface area contributed by atoms with Gasteiger partial charge in [0.05, 0.1) is 12.2 Å². The highest BCUT2D eigenvalue weighted by molar-refractivity contribution is 5.97. The standard InChI is InChI=1S/C18H21NO4/c1-22-11-12-23-15-7-8-16(17(20)13-15)18(21)19-10-9-14-5-3-2-4-6-14/h2-8,13,20H,9-12H2,1H3,(H,19,21). The van der Waals surface area contributed by atoms with Crippen LogP contribution in [0.1, 0.15) is 15.9 Å². The molecule has 0 heterocycles. The first-order valence-corrected chi connectivity index (χ1v) is 7.47. The highest BCUT2D eigenvalue weighted by atomic mass is 16.5. The van der Waals surface area contributed by atoms with Gasteiger partial charge < -0.3 is 19.9 Å². The largest absolute Gasteiger partial charge is 0.507 e. The van der Waals surface area contributed by atoms with Gasteiger partial charge in [-0.1, -0.05) is 30.3 Å². The van der Waals surface area contributed by atoms with E-state index in [1.54, 1.807) is 19.2 Å². The zero-order chi connectivity index (χ0) is 16.5. The predicted molar refractivity (Wildman–Crippen MR) is 88.0 cm³/mol. The summed E-state index contributed by atoms with van der Waals surface area (Å²) in [6.07, 6.45) is 0.742. The van der Waals surface area contributed by atoms with Gasteiger partial charge in [-0.2, -0.15) is 0 Å². The number of carbonyl (C=O) groups is 1. The van der Waals surface area contributed by atoms with E-state index in [0.717, 1.165) is 12.0 Å². The fraction of sp³-hybridized carbons (Fsp3) is 0.278. The van der Waals surface area contributed by atoms with Gasteiger partial charge in [0.25, 0.3) is 5.91 Å². The molecule has 0 aliphatic heterocycles. The molecule has 23 heavy (non-hydrogen) atoms.